The Kier molecular flexibility index (Phi) is 5.34. The molecule has 3 aromatic rings. The van der Waals surface area contributed by atoms with Gasteiger partial charge >= 0.3 is 5.97 Å². The summed E-state index contributed by atoms with van der Waals surface area (Å²) in [6, 6.07) is 15.8. The number of hydrogen-bond donors (Lipinski definition) is 1. The first-order valence-electron chi connectivity index (χ1n) is 7.75. The van der Waals surface area contributed by atoms with E-state index in [2.05, 4.69) is 15.2 Å². The van der Waals surface area contributed by atoms with Crippen LogP contribution >= 0.6 is 11.6 Å². The fourth-order valence-corrected chi connectivity index (χ4v) is 2.57. The maximum atomic E-state index is 12.2. The van der Waals surface area contributed by atoms with Gasteiger partial charge in [0, 0.05) is 17.3 Å². The largest absolute Gasteiger partial charge is 0.465 e. The minimum atomic E-state index is -0.574. The number of halogens is 1. The lowest BCUT2D eigenvalue weighted by Gasteiger charge is -2.07. The zero-order chi connectivity index (χ0) is 18.5. The highest BCUT2D eigenvalue weighted by Crippen LogP contribution is 2.22. The van der Waals surface area contributed by atoms with Gasteiger partial charge in [-0.15, -0.1) is 0 Å². The van der Waals surface area contributed by atoms with E-state index in [9.17, 15) is 9.59 Å². The first-order valence-corrected chi connectivity index (χ1v) is 8.13. The summed E-state index contributed by atoms with van der Waals surface area (Å²) in [5, 5.41) is 6.86. The molecule has 0 aliphatic carbocycles. The quantitative estimate of drug-likeness (QED) is 0.687. The second kappa shape index (κ2) is 7.84. The van der Waals surface area contributed by atoms with E-state index in [0.29, 0.717) is 17.1 Å². The smallest absolute Gasteiger partial charge is 0.339 e. The molecule has 6 nitrogen and oxygen atoms in total. The fraction of sp³-hybridized carbons (Fsp3) is 0.105. The lowest BCUT2D eigenvalue weighted by Crippen LogP contribution is -2.15. The molecule has 1 amide bonds. The maximum absolute atomic E-state index is 12.2. The third kappa shape index (κ3) is 4.10. The van der Waals surface area contributed by atoms with Gasteiger partial charge in [-0.05, 0) is 18.2 Å². The van der Waals surface area contributed by atoms with Crippen molar-refractivity contribution < 1.29 is 18.8 Å². The second-order valence-corrected chi connectivity index (χ2v) is 5.87. The van der Waals surface area contributed by atoms with Crippen molar-refractivity contribution >= 4 is 29.2 Å². The molecule has 0 saturated carbocycles. The summed E-state index contributed by atoms with van der Waals surface area (Å²) in [4.78, 5) is 23.9. The molecule has 0 saturated heterocycles. The zero-order valence-corrected chi connectivity index (χ0v) is 14.6. The summed E-state index contributed by atoms with van der Waals surface area (Å²) >= 11 is 5.96. The Hall–Kier alpha value is -3.12. The van der Waals surface area contributed by atoms with Crippen LogP contribution in [0.2, 0.25) is 5.02 Å². The van der Waals surface area contributed by atoms with Crippen LogP contribution in [0, 0.1) is 0 Å². The van der Waals surface area contributed by atoms with Crippen molar-refractivity contribution in [2.24, 2.45) is 0 Å². The van der Waals surface area contributed by atoms with Crippen molar-refractivity contribution in [2.45, 2.75) is 6.42 Å². The number of carbonyl (C=O) groups excluding carboxylic acids is 2. The van der Waals surface area contributed by atoms with Gasteiger partial charge in [-0.25, -0.2) is 4.79 Å². The number of esters is 1. The van der Waals surface area contributed by atoms with Crippen LogP contribution in [0.1, 0.15) is 16.1 Å². The van der Waals surface area contributed by atoms with Gasteiger partial charge < -0.3 is 14.6 Å². The van der Waals surface area contributed by atoms with Gasteiger partial charge in [0.15, 0.2) is 5.76 Å². The topological polar surface area (TPSA) is 81.4 Å². The molecule has 0 atom stereocenters. The molecule has 7 heteroatoms. The van der Waals surface area contributed by atoms with Crippen molar-refractivity contribution in [3.63, 3.8) is 0 Å². The number of nitrogens with one attached hydrogen (secondary N) is 1. The number of aromatic nitrogens is 1. The Balaban J connectivity index is 1.68. The summed E-state index contributed by atoms with van der Waals surface area (Å²) in [6.45, 7) is 0. The molecule has 0 radical (unpaired) electrons. The molecular formula is C19H15ClN2O4. The van der Waals surface area contributed by atoms with E-state index in [1.807, 2.05) is 30.3 Å². The predicted molar refractivity (Wildman–Crippen MR) is 97.1 cm³/mol. The fourth-order valence-electron chi connectivity index (χ4n) is 2.37. The van der Waals surface area contributed by atoms with E-state index in [-0.39, 0.29) is 22.9 Å². The number of carbonyl (C=O) groups is 2. The molecule has 0 aliphatic heterocycles. The molecule has 0 spiro atoms. The Bertz CT molecular complexity index is 938. The van der Waals surface area contributed by atoms with E-state index >= 15 is 0 Å². The molecule has 0 unspecified atom stereocenters. The summed E-state index contributed by atoms with van der Waals surface area (Å²) in [7, 11) is 1.26. The second-order valence-electron chi connectivity index (χ2n) is 5.46. The predicted octanol–water partition coefficient (Wildman–Crippen LogP) is 3.96. The molecule has 1 N–H and O–H groups in total. The number of anilines is 1. The Morgan fingerprint density at radius 2 is 1.92 bits per heavy atom. The highest BCUT2D eigenvalue weighted by molar-refractivity contribution is 6.33. The summed E-state index contributed by atoms with van der Waals surface area (Å²) in [5.41, 5.74) is 2.00. The Morgan fingerprint density at radius 1 is 1.15 bits per heavy atom. The molecular weight excluding hydrogens is 356 g/mol. The van der Waals surface area contributed by atoms with Crippen molar-refractivity contribution in [3.8, 4) is 11.3 Å². The van der Waals surface area contributed by atoms with Crippen LogP contribution in [0.15, 0.2) is 59.1 Å². The number of amides is 1. The van der Waals surface area contributed by atoms with E-state index < -0.39 is 5.97 Å². The molecule has 132 valence electrons. The molecule has 2 aromatic carbocycles. The summed E-state index contributed by atoms with van der Waals surface area (Å²) in [5.74, 6) is -0.279. The zero-order valence-electron chi connectivity index (χ0n) is 13.9. The van der Waals surface area contributed by atoms with Crippen LogP contribution < -0.4 is 5.32 Å². The molecule has 1 heterocycles. The van der Waals surface area contributed by atoms with E-state index in [4.69, 9.17) is 16.1 Å². The van der Waals surface area contributed by atoms with Crippen molar-refractivity contribution in [1.82, 2.24) is 5.16 Å². The number of ether oxygens (including phenoxy) is 1. The van der Waals surface area contributed by atoms with Gasteiger partial charge in [0.2, 0.25) is 5.91 Å². The van der Waals surface area contributed by atoms with Crippen molar-refractivity contribution in [3.05, 3.63) is 70.9 Å². The standard InChI is InChI=1S/C19H15ClN2O4/c1-25-19(24)15-9-13(7-8-16(15)20)21-18(23)11-14-10-17(26-22-14)12-5-3-2-4-6-12/h2-10H,11H2,1H3,(H,21,23). The van der Waals surface area contributed by atoms with Gasteiger partial charge in [0.05, 0.1) is 29.8 Å². The summed E-state index contributed by atoms with van der Waals surface area (Å²) < 4.78 is 9.93. The van der Waals surface area contributed by atoms with Gasteiger partial charge in [-0.2, -0.15) is 0 Å². The minimum absolute atomic E-state index is 0.0342. The minimum Gasteiger partial charge on any atom is -0.465 e. The number of nitrogens with zero attached hydrogens (tertiary/aromatic N) is 1. The van der Waals surface area contributed by atoms with Crippen LogP contribution in [-0.4, -0.2) is 24.1 Å². The normalized spacial score (nSPS) is 10.4. The average molecular weight is 371 g/mol. The number of rotatable bonds is 5. The molecule has 0 aliphatic rings. The van der Waals surface area contributed by atoms with E-state index in [1.54, 1.807) is 12.1 Å². The average Bonchev–Trinajstić information content (AvgIpc) is 3.11. The van der Waals surface area contributed by atoms with Gasteiger partial charge in [-0.1, -0.05) is 47.1 Å². The Morgan fingerprint density at radius 3 is 2.65 bits per heavy atom. The SMILES string of the molecule is COC(=O)c1cc(NC(=O)Cc2cc(-c3ccccc3)on2)ccc1Cl. The Labute approximate surface area is 154 Å². The van der Waals surface area contributed by atoms with Crippen LogP contribution in [0.4, 0.5) is 5.69 Å². The highest BCUT2D eigenvalue weighted by atomic mass is 35.5. The molecule has 0 fully saturated rings. The lowest BCUT2D eigenvalue weighted by atomic mass is 10.1. The molecule has 3 rings (SSSR count). The van der Waals surface area contributed by atoms with E-state index in [1.165, 1.54) is 19.2 Å². The van der Waals surface area contributed by atoms with E-state index in [0.717, 1.165) is 5.56 Å². The molecule has 26 heavy (non-hydrogen) atoms. The third-order valence-corrected chi connectivity index (χ3v) is 3.94. The van der Waals surface area contributed by atoms with Crippen molar-refractivity contribution in [2.75, 3.05) is 12.4 Å². The number of benzene rings is 2. The van der Waals surface area contributed by atoms with Gasteiger partial charge in [0.1, 0.15) is 0 Å². The number of hydrogen-bond acceptors (Lipinski definition) is 5. The number of methoxy groups -OCH3 is 1. The maximum Gasteiger partial charge on any atom is 0.339 e. The monoisotopic (exact) mass is 370 g/mol. The lowest BCUT2D eigenvalue weighted by molar-refractivity contribution is -0.115. The first kappa shape index (κ1) is 17.7. The van der Waals surface area contributed by atoms with Crippen LogP contribution in [-0.2, 0) is 16.0 Å². The molecule has 1 aromatic heterocycles. The summed E-state index contributed by atoms with van der Waals surface area (Å²) in [6.07, 6.45) is 0.0342. The van der Waals surface area contributed by atoms with Crippen LogP contribution in [0.3, 0.4) is 0 Å². The highest BCUT2D eigenvalue weighted by Gasteiger charge is 2.14. The first-order chi connectivity index (χ1) is 12.6. The third-order valence-electron chi connectivity index (χ3n) is 3.61. The van der Waals surface area contributed by atoms with Crippen molar-refractivity contribution in [1.29, 1.82) is 0 Å². The molecule has 0 bridgehead atoms. The van der Waals surface area contributed by atoms with Crippen LogP contribution in [0.5, 0.6) is 0 Å². The van der Waals surface area contributed by atoms with Crippen LogP contribution in [0.25, 0.3) is 11.3 Å². The van der Waals surface area contributed by atoms with Gasteiger partial charge in [-0.3, -0.25) is 4.79 Å². The van der Waals surface area contributed by atoms with Gasteiger partial charge in [0.25, 0.3) is 0 Å².